The van der Waals surface area contributed by atoms with Crippen LogP contribution in [0, 0.1) is 12.8 Å². The number of rotatable bonds is 2. The summed E-state index contributed by atoms with van der Waals surface area (Å²) in [4.78, 5) is 7.42. The molecular weight excluding hydrogens is 274 g/mol. The van der Waals surface area contributed by atoms with E-state index in [2.05, 4.69) is 37.1 Å². The first kappa shape index (κ1) is 11.3. The van der Waals surface area contributed by atoms with E-state index in [1.165, 1.54) is 24.4 Å². The zero-order valence-corrected chi connectivity index (χ0v) is 11.5. The molecule has 1 aliphatic heterocycles. The van der Waals surface area contributed by atoms with Gasteiger partial charge >= 0.3 is 0 Å². The Hall–Kier alpha value is -0.160. The molecule has 1 fully saturated rings. The maximum Gasteiger partial charge on any atom is 0.205 e. The second-order valence-corrected chi connectivity index (χ2v) is 6.30. The van der Waals surface area contributed by atoms with E-state index in [1.54, 1.807) is 0 Å². The van der Waals surface area contributed by atoms with E-state index in [4.69, 9.17) is 0 Å². The number of halogens is 1. The van der Waals surface area contributed by atoms with Gasteiger partial charge < -0.3 is 4.90 Å². The van der Waals surface area contributed by atoms with E-state index in [0.29, 0.717) is 4.83 Å². The van der Waals surface area contributed by atoms with Crippen molar-refractivity contribution < 1.29 is 0 Å². The van der Waals surface area contributed by atoms with E-state index in [0.717, 1.165) is 30.0 Å². The third-order valence-electron chi connectivity index (χ3n) is 2.98. The van der Waals surface area contributed by atoms with Crippen LogP contribution in [-0.4, -0.2) is 27.3 Å². The van der Waals surface area contributed by atoms with E-state index < -0.39 is 0 Å². The average molecular weight is 290 g/mol. The molecule has 0 saturated carbocycles. The van der Waals surface area contributed by atoms with Crippen LogP contribution in [0.15, 0.2) is 0 Å². The van der Waals surface area contributed by atoms with Crippen molar-refractivity contribution in [1.82, 2.24) is 9.36 Å². The molecule has 0 spiro atoms. The second kappa shape index (κ2) is 4.78. The molecule has 84 valence electrons. The van der Waals surface area contributed by atoms with Gasteiger partial charge in [0.25, 0.3) is 0 Å². The lowest BCUT2D eigenvalue weighted by Crippen LogP contribution is -2.35. The largest absolute Gasteiger partial charge is 0.347 e. The lowest BCUT2D eigenvalue weighted by atomic mass is 9.95. The number of hydrogen-bond donors (Lipinski definition) is 0. The topological polar surface area (TPSA) is 29.0 Å². The number of piperidine rings is 1. The summed E-state index contributed by atoms with van der Waals surface area (Å²) >= 11 is 5.19. The molecule has 1 aromatic rings. The molecule has 5 heteroatoms. The maximum absolute atomic E-state index is 4.43. The van der Waals surface area contributed by atoms with Gasteiger partial charge in [0.2, 0.25) is 5.13 Å². The smallest absolute Gasteiger partial charge is 0.205 e. The first-order valence-corrected chi connectivity index (χ1v) is 7.05. The van der Waals surface area contributed by atoms with Crippen LogP contribution in [0.2, 0.25) is 0 Å². The van der Waals surface area contributed by atoms with Gasteiger partial charge in [-0.25, -0.2) is 4.98 Å². The number of alkyl halides is 1. The number of nitrogens with zero attached hydrogens (tertiary/aromatic N) is 3. The number of aryl methyl sites for hydroxylation is 1. The van der Waals surface area contributed by atoms with Crippen LogP contribution in [0.4, 0.5) is 5.13 Å². The Kier molecular flexibility index (Phi) is 3.61. The van der Waals surface area contributed by atoms with E-state index >= 15 is 0 Å². The Morgan fingerprint density at radius 3 is 2.60 bits per heavy atom. The predicted octanol–water partition coefficient (Wildman–Crippen LogP) is 2.85. The summed E-state index contributed by atoms with van der Waals surface area (Å²) in [7, 11) is 0. The molecule has 1 unspecified atom stereocenters. The van der Waals surface area contributed by atoms with Crippen molar-refractivity contribution in [2.75, 3.05) is 18.0 Å². The van der Waals surface area contributed by atoms with Crippen LogP contribution in [0.5, 0.6) is 0 Å². The lowest BCUT2D eigenvalue weighted by molar-refractivity contribution is 0.407. The number of hydrogen-bond acceptors (Lipinski definition) is 4. The van der Waals surface area contributed by atoms with Gasteiger partial charge in [-0.05, 0) is 25.7 Å². The molecule has 0 N–H and O–H groups in total. The van der Waals surface area contributed by atoms with Gasteiger partial charge in [0.1, 0.15) is 5.82 Å². The molecule has 2 heterocycles. The fourth-order valence-corrected chi connectivity index (χ4v) is 3.22. The molecule has 2 rings (SSSR count). The maximum atomic E-state index is 4.43. The molecule has 1 aliphatic rings. The van der Waals surface area contributed by atoms with Gasteiger partial charge in [-0.15, -0.1) is 0 Å². The van der Waals surface area contributed by atoms with Crippen LogP contribution < -0.4 is 4.90 Å². The summed E-state index contributed by atoms with van der Waals surface area (Å²) in [6, 6.07) is 0. The molecule has 1 saturated heterocycles. The Labute approximate surface area is 103 Å². The highest BCUT2D eigenvalue weighted by molar-refractivity contribution is 9.09. The summed E-state index contributed by atoms with van der Waals surface area (Å²) in [5.41, 5.74) is 0. The standard InChI is InChI=1S/C10H16BrN3S/c1-7(11)9-3-5-14(6-4-9)10-12-8(2)13-15-10/h7,9H,3-6H2,1-2H3. The Morgan fingerprint density at radius 2 is 2.13 bits per heavy atom. The fourth-order valence-electron chi connectivity index (χ4n) is 1.96. The molecule has 0 amide bonds. The van der Waals surface area contributed by atoms with Gasteiger partial charge in [0.05, 0.1) is 0 Å². The van der Waals surface area contributed by atoms with Crippen LogP contribution >= 0.6 is 27.5 Å². The SMILES string of the molecule is Cc1nsc(N2CCC(C(C)Br)CC2)n1. The van der Waals surface area contributed by atoms with Gasteiger partial charge in [-0.2, -0.15) is 4.37 Å². The number of anilines is 1. The van der Waals surface area contributed by atoms with Crippen LogP contribution in [0.3, 0.4) is 0 Å². The summed E-state index contributed by atoms with van der Waals surface area (Å²) in [5.74, 6) is 1.71. The van der Waals surface area contributed by atoms with Crippen molar-refractivity contribution in [3.63, 3.8) is 0 Å². The summed E-state index contributed by atoms with van der Waals surface area (Å²) in [6.45, 7) is 6.44. The minimum Gasteiger partial charge on any atom is -0.347 e. The predicted molar refractivity (Wildman–Crippen MR) is 68.0 cm³/mol. The average Bonchev–Trinajstić information content (AvgIpc) is 2.65. The number of aromatic nitrogens is 2. The van der Waals surface area contributed by atoms with Crippen molar-refractivity contribution in [1.29, 1.82) is 0 Å². The molecular formula is C10H16BrN3S. The van der Waals surface area contributed by atoms with E-state index in [-0.39, 0.29) is 0 Å². The highest BCUT2D eigenvalue weighted by Crippen LogP contribution is 2.28. The monoisotopic (exact) mass is 289 g/mol. The quantitative estimate of drug-likeness (QED) is 0.784. The molecule has 15 heavy (non-hydrogen) atoms. The first-order chi connectivity index (χ1) is 7.16. The second-order valence-electron chi connectivity index (χ2n) is 4.13. The minimum absolute atomic E-state index is 0.635. The molecule has 0 bridgehead atoms. The van der Waals surface area contributed by atoms with Crippen molar-refractivity contribution in [2.45, 2.75) is 31.5 Å². The van der Waals surface area contributed by atoms with Gasteiger partial charge in [0.15, 0.2) is 0 Å². The fraction of sp³-hybridized carbons (Fsp3) is 0.800. The van der Waals surface area contributed by atoms with Gasteiger partial charge in [0, 0.05) is 29.4 Å². The van der Waals surface area contributed by atoms with Crippen molar-refractivity contribution in [3.05, 3.63) is 5.82 Å². The van der Waals surface area contributed by atoms with Crippen molar-refractivity contribution in [3.8, 4) is 0 Å². The molecule has 3 nitrogen and oxygen atoms in total. The van der Waals surface area contributed by atoms with Crippen molar-refractivity contribution in [2.24, 2.45) is 5.92 Å². The van der Waals surface area contributed by atoms with Crippen LogP contribution in [0.25, 0.3) is 0 Å². The molecule has 0 aromatic carbocycles. The molecule has 0 radical (unpaired) electrons. The summed E-state index contributed by atoms with van der Waals surface area (Å²) in [6.07, 6.45) is 2.51. The van der Waals surface area contributed by atoms with Gasteiger partial charge in [-0.3, -0.25) is 0 Å². The van der Waals surface area contributed by atoms with Gasteiger partial charge in [-0.1, -0.05) is 22.9 Å². The Balaban J connectivity index is 1.93. The Morgan fingerprint density at radius 1 is 1.47 bits per heavy atom. The normalized spacial score (nSPS) is 20.6. The summed E-state index contributed by atoms with van der Waals surface area (Å²) < 4.78 is 4.23. The highest BCUT2D eigenvalue weighted by Gasteiger charge is 2.23. The zero-order valence-electron chi connectivity index (χ0n) is 9.11. The third kappa shape index (κ3) is 2.69. The third-order valence-corrected chi connectivity index (χ3v) is 4.59. The molecule has 1 atom stereocenters. The van der Waals surface area contributed by atoms with Crippen molar-refractivity contribution >= 4 is 32.6 Å². The highest BCUT2D eigenvalue weighted by atomic mass is 79.9. The summed E-state index contributed by atoms with van der Waals surface area (Å²) in [5, 5.41) is 1.09. The minimum atomic E-state index is 0.635. The zero-order chi connectivity index (χ0) is 10.8. The Bertz CT molecular complexity index is 318. The molecule has 0 aliphatic carbocycles. The van der Waals surface area contributed by atoms with E-state index in [9.17, 15) is 0 Å². The van der Waals surface area contributed by atoms with Crippen LogP contribution in [-0.2, 0) is 0 Å². The molecule has 1 aromatic heterocycles. The lowest BCUT2D eigenvalue weighted by Gasteiger charge is -2.32. The van der Waals surface area contributed by atoms with E-state index in [1.807, 2.05) is 6.92 Å². The van der Waals surface area contributed by atoms with Crippen LogP contribution in [0.1, 0.15) is 25.6 Å². The first-order valence-electron chi connectivity index (χ1n) is 5.36.